The van der Waals surface area contributed by atoms with Gasteiger partial charge in [-0.2, -0.15) is 0 Å². The molecule has 7 N–H and O–H groups in total. The van der Waals surface area contributed by atoms with Gasteiger partial charge in [0.2, 0.25) is 12.0 Å². The monoisotopic (exact) mass is 534 g/mol. The third-order valence-corrected chi connectivity index (χ3v) is 5.70. The number of aliphatic hydroxyl groups is 3. The number of carboxylic acid groups (broad SMARTS) is 1. The van der Waals surface area contributed by atoms with Crippen LogP contribution in [0.15, 0.2) is 45.6 Å². The molecule has 5 unspecified atom stereocenters. The number of hydrogen-bond acceptors (Lipinski definition) is 13. The van der Waals surface area contributed by atoms with Crippen molar-refractivity contribution in [3.63, 3.8) is 0 Å². The van der Waals surface area contributed by atoms with E-state index in [2.05, 4.69) is 0 Å². The van der Waals surface area contributed by atoms with Crippen LogP contribution in [0.5, 0.6) is 23.0 Å². The van der Waals surface area contributed by atoms with Crippen LogP contribution in [0.2, 0.25) is 0 Å². The average Bonchev–Trinajstić information content (AvgIpc) is 2.86. The number of phenolic OH excluding ortho intramolecular Hbond substituents is 3. The minimum atomic E-state index is -1.90. The highest BCUT2D eigenvalue weighted by atomic mass is 16.7. The van der Waals surface area contributed by atoms with Crippen LogP contribution in [-0.2, 0) is 19.1 Å². The van der Waals surface area contributed by atoms with Crippen molar-refractivity contribution < 1.29 is 64.0 Å². The van der Waals surface area contributed by atoms with E-state index in [-0.39, 0.29) is 22.5 Å². The topological polar surface area (TPSA) is 234 Å². The van der Waals surface area contributed by atoms with Crippen molar-refractivity contribution in [2.45, 2.75) is 37.1 Å². The highest BCUT2D eigenvalue weighted by Gasteiger charge is 2.46. The Labute approximate surface area is 212 Å². The Kier molecular flexibility index (Phi) is 7.41. The van der Waals surface area contributed by atoms with Crippen LogP contribution >= 0.6 is 0 Å². The normalized spacial score (nSPS) is 23.2. The highest BCUT2D eigenvalue weighted by Crippen LogP contribution is 2.42. The predicted molar refractivity (Wildman–Crippen MR) is 123 cm³/mol. The summed E-state index contributed by atoms with van der Waals surface area (Å²) in [5.41, 5.74) is -0.555. The number of carbonyl (C=O) groups excluding carboxylic acids is 1. The lowest BCUT2D eigenvalue weighted by molar-refractivity contribution is -0.278. The molecule has 14 heteroatoms. The summed E-state index contributed by atoms with van der Waals surface area (Å²) >= 11 is 0. The molecular formula is C24H22O14. The maximum Gasteiger partial charge on any atom is 0.317 e. The molecule has 2 aromatic carbocycles. The molecule has 5 atom stereocenters. The number of aliphatic carboxylic acids is 1. The summed E-state index contributed by atoms with van der Waals surface area (Å²) in [4.78, 5) is 34.8. The molecule has 2 heterocycles. The van der Waals surface area contributed by atoms with Gasteiger partial charge in [-0.15, -0.1) is 0 Å². The SMILES string of the molecule is O=C(O)CC(=O)OCC1OC(Oc2cc3oc(-c4ccc(O)cc4)cc(=O)c3c(O)c2O)C(O)C(O)C1O. The number of ether oxygens (including phenoxy) is 3. The van der Waals surface area contributed by atoms with Crippen LogP contribution in [0.4, 0.5) is 0 Å². The van der Waals surface area contributed by atoms with Gasteiger partial charge in [0.1, 0.15) is 59.9 Å². The number of fused-ring (bicyclic) bond motifs is 1. The molecule has 0 spiro atoms. The summed E-state index contributed by atoms with van der Waals surface area (Å²) in [7, 11) is 0. The summed E-state index contributed by atoms with van der Waals surface area (Å²) in [5, 5.41) is 69.3. The van der Waals surface area contributed by atoms with Gasteiger partial charge in [0, 0.05) is 17.7 Å². The van der Waals surface area contributed by atoms with Crippen LogP contribution in [0.25, 0.3) is 22.3 Å². The van der Waals surface area contributed by atoms with E-state index in [0.29, 0.717) is 5.56 Å². The van der Waals surface area contributed by atoms with Crippen LogP contribution in [0.1, 0.15) is 6.42 Å². The number of carbonyl (C=O) groups is 2. The molecule has 1 aliphatic rings. The van der Waals surface area contributed by atoms with Crippen molar-refractivity contribution >= 4 is 22.9 Å². The molecule has 0 bridgehead atoms. The fraction of sp³-hybridized carbons (Fsp3) is 0.292. The quantitative estimate of drug-likeness (QED) is 0.118. The van der Waals surface area contributed by atoms with Gasteiger partial charge in [0.15, 0.2) is 16.9 Å². The van der Waals surface area contributed by atoms with Gasteiger partial charge in [-0.1, -0.05) is 0 Å². The van der Waals surface area contributed by atoms with E-state index in [1.807, 2.05) is 0 Å². The molecule has 3 aromatic rings. The molecule has 202 valence electrons. The van der Waals surface area contributed by atoms with Crippen molar-refractivity contribution in [2.24, 2.45) is 0 Å². The molecular weight excluding hydrogens is 512 g/mol. The number of aromatic hydroxyl groups is 3. The zero-order chi connectivity index (χ0) is 27.7. The van der Waals surface area contributed by atoms with Crippen molar-refractivity contribution in [3.05, 3.63) is 46.6 Å². The van der Waals surface area contributed by atoms with E-state index in [9.17, 15) is 45.0 Å². The van der Waals surface area contributed by atoms with E-state index in [1.165, 1.54) is 24.3 Å². The first-order valence-corrected chi connectivity index (χ1v) is 11.0. The largest absolute Gasteiger partial charge is 0.508 e. The van der Waals surface area contributed by atoms with E-state index in [1.54, 1.807) is 0 Å². The molecule has 0 amide bonds. The van der Waals surface area contributed by atoms with Gasteiger partial charge in [0.25, 0.3) is 0 Å². The van der Waals surface area contributed by atoms with Crippen molar-refractivity contribution in [1.29, 1.82) is 0 Å². The van der Waals surface area contributed by atoms with Crippen LogP contribution in [0.3, 0.4) is 0 Å². The van der Waals surface area contributed by atoms with Crippen molar-refractivity contribution in [1.82, 2.24) is 0 Å². The number of rotatable bonds is 7. The first-order valence-electron chi connectivity index (χ1n) is 11.0. The summed E-state index contributed by atoms with van der Waals surface area (Å²) in [6.07, 6.45) is -9.80. The molecule has 0 aliphatic carbocycles. The van der Waals surface area contributed by atoms with Gasteiger partial charge in [0.05, 0.1) is 0 Å². The Morgan fingerprint density at radius 3 is 2.26 bits per heavy atom. The lowest BCUT2D eigenvalue weighted by atomic mass is 9.99. The second kappa shape index (κ2) is 10.5. The molecule has 0 radical (unpaired) electrons. The van der Waals surface area contributed by atoms with Crippen LogP contribution in [0, 0.1) is 0 Å². The van der Waals surface area contributed by atoms with E-state index < -0.39 is 78.3 Å². The van der Waals surface area contributed by atoms with E-state index in [4.69, 9.17) is 23.7 Å². The zero-order valence-electron chi connectivity index (χ0n) is 19.3. The average molecular weight is 534 g/mol. The van der Waals surface area contributed by atoms with Gasteiger partial charge < -0.3 is 54.4 Å². The summed E-state index contributed by atoms with van der Waals surface area (Å²) in [6, 6.07) is 7.75. The van der Waals surface area contributed by atoms with Crippen LogP contribution in [-0.4, -0.2) is 85.0 Å². The van der Waals surface area contributed by atoms with Gasteiger partial charge in [-0.3, -0.25) is 14.4 Å². The Balaban J connectivity index is 1.63. The fourth-order valence-corrected chi connectivity index (χ4v) is 3.75. The van der Waals surface area contributed by atoms with Gasteiger partial charge in [-0.25, -0.2) is 0 Å². The summed E-state index contributed by atoms with van der Waals surface area (Å²) < 4.78 is 21.2. The van der Waals surface area contributed by atoms with Gasteiger partial charge >= 0.3 is 11.9 Å². The first-order chi connectivity index (χ1) is 18.0. The number of phenols is 3. The molecule has 1 aliphatic heterocycles. The predicted octanol–water partition coefficient (Wildman–Crippen LogP) is -0.219. The first kappa shape index (κ1) is 26.7. The Hall–Kier alpha value is -4.37. The van der Waals surface area contributed by atoms with Crippen molar-refractivity contribution in [2.75, 3.05) is 6.61 Å². The summed E-state index contributed by atoms with van der Waals surface area (Å²) in [6.45, 7) is -0.712. The minimum Gasteiger partial charge on any atom is -0.508 e. The maximum atomic E-state index is 12.7. The molecule has 0 saturated carbocycles. The summed E-state index contributed by atoms with van der Waals surface area (Å²) in [5.74, 6) is -4.96. The van der Waals surface area contributed by atoms with Crippen LogP contribution < -0.4 is 10.2 Å². The second-order valence-corrected chi connectivity index (χ2v) is 8.35. The Bertz CT molecular complexity index is 1410. The third kappa shape index (κ3) is 5.33. The molecule has 1 fully saturated rings. The third-order valence-electron chi connectivity index (χ3n) is 5.70. The minimum absolute atomic E-state index is 0.0246. The lowest BCUT2D eigenvalue weighted by Gasteiger charge is -2.39. The van der Waals surface area contributed by atoms with E-state index >= 15 is 0 Å². The molecule has 14 nitrogen and oxygen atoms in total. The number of esters is 1. The Morgan fingerprint density at radius 1 is 0.921 bits per heavy atom. The molecule has 1 aromatic heterocycles. The lowest BCUT2D eigenvalue weighted by Crippen LogP contribution is -2.60. The Morgan fingerprint density at radius 2 is 1.61 bits per heavy atom. The second-order valence-electron chi connectivity index (χ2n) is 8.35. The fourth-order valence-electron chi connectivity index (χ4n) is 3.75. The van der Waals surface area contributed by atoms with E-state index in [0.717, 1.165) is 12.1 Å². The zero-order valence-corrected chi connectivity index (χ0v) is 19.3. The smallest absolute Gasteiger partial charge is 0.317 e. The van der Waals surface area contributed by atoms with Gasteiger partial charge in [-0.05, 0) is 24.3 Å². The number of carboxylic acids is 1. The molecule has 4 rings (SSSR count). The number of aliphatic hydroxyl groups excluding tert-OH is 3. The molecule has 38 heavy (non-hydrogen) atoms. The standard InChI is InChI=1S/C24H22O14/c25-10-3-1-9(2-4-10)12-5-11(26)18-13(36-12)6-14(19(30)21(18)32)37-24-23(34)22(33)20(31)15(38-24)8-35-17(29)7-16(27)28/h1-6,15,20,22-25,30-34H,7-8H2,(H,27,28). The van der Waals surface area contributed by atoms with Crippen molar-refractivity contribution in [3.8, 4) is 34.3 Å². The maximum absolute atomic E-state index is 12.7. The number of benzene rings is 2. The number of hydrogen-bond donors (Lipinski definition) is 7. The molecule has 1 saturated heterocycles. The highest BCUT2D eigenvalue weighted by molar-refractivity contribution is 5.90.